The summed E-state index contributed by atoms with van der Waals surface area (Å²) in [5.74, 6) is -1.04. The average Bonchev–Trinajstić information content (AvgIpc) is 2.31. The van der Waals surface area contributed by atoms with Gasteiger partial charge in [0.05, 0.1) is 12.3 Å². The molecule has 0 heterocycles. The molecule has 0 radical (unpaired) electrons. The molecular weight excluding hydrogens is 226 g/mol. The van der Waals surface area contributed by atoms with Crippen LogP contribution in [0.1, 0.15) is 18.6 Å². The molecule has 6 nitrogen and oxygen atoms in total. The van der Waals surface area contributed by atoms with E-state index >= 15 is 0 Å². The number of nitrogens with two attached hydrogens (primary N) is 1. The largest absolute Gasteiger partial charge is 0.506 e. The van der Waals surface area contributed by atoms with Gasteiger partial charge >= 0.3 is 5.97 Å². The van der Waals surface area contributed by atoms with Crippen LogP contribution in [0.2, 0.25) is 0 Å². The van der Waals surface area contributed by atoms with E-state index in [2.05, 4.69) is 4.74 Å². The Kier molecular flexibility index (Phi) is 4.30. The zero-order valence-corrected chi connectivity index (χ0v) is 9.33. The number of phenolic OH excluding ortho intramolecular Hbond substituents is 1. The van der Waals surface area contributed by atoms with Crippen LogP contribution in [0.15, 0.2) is 18.2 Å². The van der Waals surface area contributed by atoms with Crippen LogP contribution < -0.4 is 5.73 Å². The van der Waals surface area contributed by atoms with Gasteiger partial charge in [-0.3, -0.25) is 0 Å². The first-order valence-electron chi connectivity index (χ1n) is 5.08. The third-order valence-electron chi connectivity index (χ3n) is 2.22. The van der Waals surface area contributed by atoms with E-state index in [-0.39, 0.29) is 23.6 Å². The summed E-state index contributed by atoms with van der Waals surface area (Å²) in [5.41, 5.74) is 5.71. The van der Waals surface area contributed by atoms with E-state index in [0.29, 0.717) is 0 Å². The van der Waals surface area contributed by atoms with Gasteiger partial charge in [-0.15, -0.1) is 0 Å². The summed E-state index contributed by atoms with van der Waals surface area (Å²) in [6.07, 6.45) is -3.13. The van der Waals surface area contributed by atoms with Crippen molar-refractivity contribution in [1.82, 2.24) is 0 Å². The second-order valence-electron chi connectivity index (χ2n) is 3.46. The number of anilines is 1. The quantitative estimate of drug-likeness (QED) is 0.333. The SMILES string of the molecule is CCOC(=O)C(O)C(O)c1ccc(O)c(N)c1. The first kappa shape index (κ1) is 13.3. The van der Waals surface area contributed by atoms with Crippen LogP contribution in [0.4, 0.5) is 5.69 Å². The van der Waals surface area contributed by atoms with Gasteiger partial charge in [0.2, 0.25) is 0 Å². The lowest BCUT2D eigenvalue weighted by Crippen LogP contribution is -2.29. The smallest absolute Gasteiger partial charge is 0.338 e. The number of benzene rings is 1. The standard InChI is InChI=1S/C11H15NO5/c1-2-17-11(16)10(15)9(14)6-3-4-8(13)7(12)5-6/h3-5,9-10,13-15H,2,12H2,1H3. The summed E-state index contributed by atoms with van der Waals surface area (Å²) in [7, 11) is 0. The normalized spacial score (nSPS) is 14.1. The van der Waals surface area contributed by atoms with Crippen molar-refractivity contribution in [2.24, 2.45) is 0 Å². The molecule has 2 unspecified atom stereocenters. The number of carbonyl (C=O) groups is 1. The Morgan fingerprint density at radius 3 is 2.65 bits per heavy atom. The monoisotopic (exact) mass is 241 g/mol. The Morgan fingerprint density at radius 2 is 2.12 bits per heavy atom. The van der Waals surface area contributed by atoms with Crippen LogP contribution in [-0.4, -0.2) is 34.0 Å². The number of aliphatic hydroxyl groups excluding tert-OH is 2. The van der Waals surface area contributed by atoms with E-state index in [9.17, 15) is 20.1 Å². The van der Waals surface area contributed by atoms with Crippen LogP contribution in [0.5, 0.6) is 5.75 Å². The minimum atomic E-state index is -1.68. The fourth-order valence-corrected chi connectivity index (χ4v) is 1.30. The molecule has 1 rings (SSSR count). The number of aromatic hydroxyl groups is 1. The predicted octanol–water partition coefficient (Wildman–Crippen LogP) is -0.0682. The molecule has 0 aliphatic carbocycles. The van der Waals surface area contributed by atoms with Crippen molar-refractivity contribution < 1.29 is 24.9 Å². The molecule has 0 aliphatic heterocycles. The molecule has 2 atom stereocenters. The summed E-state index contributed by atoms with van der Waals surface area (Å²) in [4.78, 5) is 11.2. The second kappa shape index (κ2) is 5.51. The number of phenols is 1. The van der Waals surface area contributed by atoms with Gasteiger partial charge in [0.1, 0.15) is 11.9 Å². The first-order valence-corrected chi connectivity index (χ1v) is 5.08. The molecule has 1 aromatic carbocycles. The Morgan fingerprint density at radius 1 is 1.47 bits per heavy atom. The van der Waals surface area contributed by atoms with Crippen LogP contribution in [0, 0.1) is 0 Å². The maximum atomic E-state index is 11.2. The summed E-state index contributed by atoms with van der Waals surface area (Å²) in [6, 6.07) is 3.91. The second-order valence-corrected chi connectivity index (χ2v) is 3.46. The fraction of sp³-hybridized carbons (Fsp3) is 0.364. The van der Waals surface area contributed by atoms with Gasteiger partial charge in [-0.1, -0.05) is 6.07 Å². The van der Waals surface area contributed by atoms with Gasteiger partial charge < -0.3 is 25.8 Å². The molecule has 17 heavy (non-hydrogen) atoms. The molecule has 0 bridgehead atoms. The van der Waals surface area contributed by atoms with E-state index < -0.39 is 18.2 Å². The lowest BCUT2D eigenvalue weighted by Gasteiger charge is -2.17. The van der Waals surface area contributed by atoms with Crippen molar-refractivity contribution in [3.63, 3.8) is 0 Å². The van der Waals surface area contributed by atoms with Crippen LogP contribution in [0.25, 0.3) is 0 Å². The van der Waals surface area contributed by atoms with Crippen LogP contribution in [-0.2, 0) is 9.53 Å². The minimum absolute atomic E-state index is 0.0533. The van der Waals surface area contributed by atoms with Crippen molar-refractivity contribution in [1.29, 1.82) is 0 Å². The van der Waals surface area contributed by atoms with E-state index in [1.165, 1.54) is 18.2 Å². The summed E-state index contributed by atoms with van der Waals surface area (Å²) < 4.78 is 4.57. The van der Waals surface area contributed by atoms with Crippen LogP contribution in [0.3, 0.4) is 0 Å². The van der Waals surface area contributed by atoms with Crippen LogP contribution >= 0.6 is 0 Å². The van der Waals surface area contributed by atoms with Crippen molar-refractivity contribution >= 4 is 11.7 Å². The lowest BCUT2D eigenvalue weighted by atomic mass is 10.0. The molecule has 0 amide bonds. The number of hydrogen-bond acceptors (Lipinski definition) is 6. The van der Waals surface area contributed by atoms with Gasteiger partial charge in [0, 0.05) is 0 Å². The molecule has 0 fully saturated rings. The molecule has 5 N–H and O–H groups in total. The van der Waals surface area contributed by atoms with Crippen molar-refractivity contribution in [2.75, 3.05) is 12.3 Å². The molecule has 0 aliphatic rings. The van der Waals surface area contributed by atoms with Crippen molar-refractivity contribution in [3.05, 3.63) is 23.8 Å². The highest BCUT2D eigenvalue weighted by molar-refractivity contribution is 5.75. The highest BCUT2D eigenvalue weighted by atomic mass is 16.5. The number of esters is 1. The maximum Gasteiger partial charge on any atom is 0.338 e. The topological polar surface area (TPSA) is 113 Å². The predicted molar refractivity (Wildman–Crippen MR) is 60.1 cm³/mol. The molecular formula is C11H15NO5. The molecule has 0 spiro atoms. The summed E-state index contributed by atoms with van der Waals surface area (Å²) >= 11 is 0. The molecule has 0 saturated carbocycles. The number of carbonyl (C=O) groups excluding carboxylic acids is 1. The maximum absolute atomic E-state index is 11.2. The molecule has 0 aromatic heterocycles. The van der Waals surface area contributed by atoms with Crippen molar-refractivity contribution in [2.45, 2.75) is 19.1 Å². The third-order valence-corrected chi connectivity index (χ3v) is 2.22. The Balaban J connectivity index is 2.84. The van der Waals surface area contributed by atoms with E-state index in [0.717, 1.165) is 0 Å². The summed E-state index contributed by atoms with van der Waals surface area (Å²) in [5, 5.41) is 28.4. The lowest BCUT2D eigenvalue weighted by molar-refractivity contribution is -0.159. The Labute approximate surface area is 98.3 Å². The molecule has 0 saturated heterocycles. The van der Waals surface area contributed by atoms with Gasteiger partial charge in [-0.25, -0.2) is 4.79 Å². The van der Waals surface area contributed by atoms with E-state index in [4.69, 9.17) is 5.73 Å². The molecule has 94 valence electrons. The molecule has 1 aromatic rings. The Bertz CT molecular complexity index is 407. The minimum Gasteiger partial charge on any atom is -0.506 e. The number of hydrogen-bond donors (Lipinski definition) is 4. The highest BCUT2D eigenvalue weighted by Gasteiger charge is 2.27. The zero-order chi connectivity index (χ0) is 13.0. The van der Waals surface area contributed by atoms with Gasteiger partial charge in [0.25, 0.3) is 0 Å². The van der Waals surface area contributed by atoms with E-state index in [1.54, 1.807) is 6.92 Å². The molecule has 6 heteroatoms. The zero-order valence-electron chi connectivity index (χ0n) is 9.33. The number of rotatable bonds is 4. The van der Waals surface area contributed by atoms with E-state index in [1.807, 2.05) is 0 Å². The Hall–Kier alpha value is -1.79. The van der Waals surface area contributed by atoms with Gasteiger partial charge in [-0.05, 0) is 24.6 Å². The summed E-state index contributed by atoms with van der Waals surface area (Å²) in [6.45, 7) is 1.70. The number of ether oxygens (including phenoxy) is 1. The highest BCUT2D eigenvalue weighted by Crippen LogP contribution is 2.26. The third kappa shape index (κ3) is 3.08. The first-order chi connectivity index (χ1) is 7.97. The fourth-order valence-electron chi connectivity index (χ4n) is 1.30. The van der Waals surface area contributed by atoms with Crippen molar-refractivity contribution in [3.8, 4) is 5.75 Å². The van der Waals surface area contributed by atoms with Gasteiger partial charge in [-0.2, -0.15) is 0 Å². The number of nitrogen functional groups attached to an aromatic ring is 1. The number of aliphatic hydroxyl groups is 2. The van der Waals surface area contributed by atoms with Gasteiger partial charge in [0.15, 0.2) is 6.10 Å². The average molecular weight is 241 g/mol.